The second-order valence-electron chi connectivity index (χ2n) is 5.71. The van der Waals surface area contributed by atoms with Crippen LogP contribution in [0.3, 0.4) is 0 Å². The number of hydrazine groups is 1. The Morgan fingerprint density at radius 3 is 1.81 bits per heavy atom. The van der Waals surface area contributed by atoms with Crippen LogP contribution in [0.1, 0.15) is 24.0 Å². The van der Waals surface area contributed by atoms with Gasteiger partial charge >= 0.3 is 0 Å². The molecule has 0 aliphatic carbocycles. The zero-order valence-corrected chi connectivity index (χ0v) is 12.1. The minimum atomic E-state index is -0.0507. The minimum Gasteiger partial charge on any atom is -0.399 e. The highest BCUT2D eigenvalue weighted by atomic mass is 15.4. The summed E-state index contributed by atoms with van der Waals surface area (Å²) in [6.07, 6.45) is 2.20. The van der Waals surface area contributed by atoms with E-state index in [1.807, 2.05) is 24.3 Å². The van der Waals surface area contributed by atoms with Gasteiger partial charge in [0.15, 0.2) is 0 Å². The van der Waals surface area contributed by atoms with Crippen molar-refractivity contribution in [1.29, 1.82) is 0 Å². The van der Waals surface area contributed by atoms with Gasteiger partial charge in [0.05, 0.1) is 0 Å². The number of hydrogen-bond acceptors (Lipinski definition) is 4. The summed E-state index contributed by atoms with van der Waals surface area (Å²) in [5, 5.41) is 0. The lowest BCUT2D eigenvalue weighted by Gasteiger charge is -2.34. The van der Waals surface area contributed by atoms with E-state index in [2.05, 4.69) is 35.1 Å². The van der Waals surface area contributed by atoms with E-state index in [9.17, 15) is 0 Å². The summed E-state index contributed by atoms with van der Waals surface area (Å²) in [5.41, 5.74) is 22.4. The average Bonchev–Trinajstić information content (AvgIpc) is 2.75. The number of nitrogens with two attached hydrogens (primary N) is 2. The fourth-order valence-corrected chi connectivity index (χ4v) is 3.13. The highest BCUT2D eigenvalue weighted by Gasteiger charge is 2.34. The topological polar surface area (TPSA) is 76.1 Å². The summed E-state index contributed by atoms with van der Waals surface area (Å²) in [6.45, 7) is 1.83. The molecular weight excluding hydrogens is 260 g/mol. The monoisotopic (exact) mass is 282 g/mol. The molecule has 3 rings (SSSR count). The lowest BCUT2D eigenvalue weighted by molar-refractivity contribution is 0.451. The molecule has 0 bridgehead atoms. The molecule has 0 spiro atoms. The smallest absolute Gasteiger partial charge is 0.0341 e. The van der Waals surface area contributed by atoms with Crippen LogP contribution >= 0.6 is 0 Å². The summed E-state index contributed by atoms with van der Waals surface area (Å²) >= 11 is 0. The van der Waals surface area contributed by atoms with Crippen molar-refractivity contribution < 1.29 is 0 Å². The molecule has 1 saturated heterocycles. The lowest BCUT2D eigenvalue weighted by Crippen LogP contribution is -2.41. The highest BCUT2D eigenvalue weighted by Crippen LogP contribution is 2.37. The molecule has 0 saturated carbocycles. The first-order chi connectivity index (χ1) is 10.2. The third-order valence-electron chi connectivity index (χ3n) is 4.35. The number of nitrogen functional groups attached to an aromatic ring is 2. The first-order valence-corrected chi connectivity index (χ1v) is 7.38. The van der Waals surface area contributed by atoms with Gasteiger partial charge in [0, 0.05) is 29.9 Å². The van der Waals surface area contributed by atoms with Crippen LogP contribution < -0.4 is 22.3 Å². The van der Waals surface area contributed by atoms with Gasteiger partial charge in [0.25, 0.3) is 0 Å². The van der Waals surface area contributed by atoms with Crippen molar-refractivity contribution in [2.24, 2.45) is 0 Å². The summed E-state index contributed by atoms with van der Waals surface area (Å²) in [5.74, 6) is 0. The molecule has 6 N–H and O–H groups in total. The van der Waals surface area contributed by atoms with Gasteiger partial charge in [0.1, 0.15) is 0 Å². The molecule has 1 aliphatic heterocycles. The fraction of sp³-hybridized carbons (Fsp3) is 0.294. The maximum atomic E-state index is 5.84. The van der Waals surface area contributed by atoms with Gasteiger partial charge in [-0.25, -0.2) is 0 Å². The quantitative estimate of drug-likeness (QED) is 0.636. The van der Waals surface area contributed by atoms with Crippen LogP contribution in [-0.2, 0) is 5.41 Å². The molecule has 0 amide bonds. The van der Waals surface area contributed by atoms with Gasteiger partial charge in [-0.1, -0.05) is 24.3 Å². The predicted octanol–water partition coefficient (Wildman–Crippen LogP) is 2.03. The predicted molar refractivity (Wildman–Crippen MR) is 87.7 cm³/mol. The van der Waals surface area contributed by atoms with Crippen molar-refractivity contribution in [1.82, 2.24) is 10.9 Å². The van der Waals surface area contributed by atoms with Crippen molar-refractivity contribution in [3.63, 3.8) is 0 Å². The molecule has 0 radical (unpaired) electrons. The van der Waals surface area contributed by atoms with E-state index in [0.717, 1.165) is 37.3 Å². The Labute approximate surface area is 125 Å². The van der Waals surface area contributed by atoms with Gasteiger partial charge in [-0.05, 0) is 48.2 Å². The van der Waals surface area contributed by atoms with Gasteiger partial charge in [-0.15, -0.1) is 0 Å². The Hall–Kier alpha value is -2.04. The Morgan fingerprint density at radius 1 is 0.762 bits per heavy atom. The number of benzene rings is 2. The van der Waals surface area contributed by atoms with Crippen LogP contribution in [0.4, 0.5) is 11.4 Å². The molecule has 2 aromatic carbocycles. The van der Waals surface area contributed by atoms with E-state index in [0.29, 0.717) is 0 Å². The van der Waals surface area contributed by atoms with Crippen LogP contribution in [-0.4, -0.2) is 13.1 Å². The SMILES string of the molecule is Nc1ccc(C2(c3ccc(N)cc3)CCCNNC2)cc1. The Kier molecular flexibility index (Phi) is 3.82. The third-order valence-corrected chi connectivity index (χ3v) is 4.35. The normalized spacial score (nSPS) is 18.1. The van der Waals surface area contributed by atoms with Crippen molar-refractivity contribution >= 4 is 11.4 Å². The fourth-order valence-electron chi connectivity index (χ4n) is 3.13. The van der Waals surface area contributed by atoms with E-state index in [4.69, 9.17) is 11.5 Å². The van der Waals surface area contributed by atoms with E-state index in [-0.39, 0.29) is 5.41 Å². The molecule has 4 heteroatoms. The van der Waals surface area contributed by atoms with Crippen molar-refractivity contribution in [2.75, 3.05) is 24.6 Å². The Balaban J connectivity index is 2.09. The van der Waals surface area contributed by atoms with Gasteiger partial charge in [0.2, 0.25) is 0 Å². The number of hydrogen-bond donors (Lipinski definition) is 4. The first-order valence-electron chi connectivity index (χ1n) is 7.38. The largest absolute Gasteiger partial charge is 0.399 e. The average molecular weight is 282 g/mol. The first kappa shape index (κ1) is 13.9. The van der Waals surface area contributed by atoms with Crippen molar-refractivity contribution in [3.05, 3.63) is 59.7 Å². The molecule has 1 heterocycles. The standard InChI is InChI=1S/C17H22N4/c18-15-6-2-13(3-7-15)17(10-1-11-20-21-12-17)14-4-8-16(19)9-5-14/h2-9,20-21H,1,10-12,18-19H2. The maximum Gasteiger partial charge on any atom is 0.0341 e. The second-order valence-corrected chi connectivity index (χ2v) is 5.71. The molecule has 0 atom stereocenters. The van der Waals surface area contributed by atoms with Crippen LogP contribution in [0.25, 0.3) is 0 Å². The summed E-state index contributed by atoms with van der Waals surface area (Å²) < 4.78 is 0. The molecule has 1 fully saturated rings. The van der Waals surface area contributed by atoms with Crippen LogP contribution in [0.15, 0.2) is 48.5 Å². The third kappa shape index (κ3) is 2.73. The lowest BCUT2D eigenvalue weighted by atomic mass is 9.71. The van der Waals surface area contributed by atoms with E-state index < -0.39 is 0 Å². The summed E-state index contributed by atoms with van der Waals surface area (Å²) in [4.78, 5) is 0. The molecule has 21 heavy (non-hydrogen) atoms. The van der Waals surface area contributed by atoms with Gasteiger partial charge in [-0.3, -0.25) is 10.9 Å². The highest BCUT2D eigenvalue weighted by molar-refractivity contribution is 5.49. The molecule has 0 unspecified atom stereocenters. The number of anilines is 2. The molecular formula is C17H22N4. The zero-order valence-electron chi connectivity index (χ0n) is 12.1. The molecule has 110 valence electrons. The van der Waals surface area contributed by atoms with E-state index >= 15 is 0 Å². The molecule has 2 aromatic rings. The van der Waals surface area contributed by atoms with E-state index in [1.54, 1.807) is 0 Å². The maximum absolute atomic E-state index is 5.84. The molecule has 0 aromatic heterocycles. The molecule has 1 aliphatic rings. The summed E-state index contributed by atoms with van der Waals surface area (Å²) in [7, 11) is 0. The van der Waals surface area contributed by atoms with Gasteiger partial charge < -0.3 is 11.5 Å². The van der Waals surface area contributed by atoms with Crippen LogP contribution in [0.5, 0.6) is 0 Å². The van der Waals surface area contributed by atoms with Crippen LogP contribution in [0, 0.1) is 0 Å². The number of rotatable bonds is 2. The number of nitrogens with one attached hydrogen (secondary N) is 2. The zero-order chi connectivity index (χ0) is 14.7. The van der Waals surface area contributed by atoms with Crippen LogP contribution in [0.2, 0.25) is 0 Å². The second kappa shape index (κ2) is 5.76. The minimum absolute atomic E-state index is 0.0507. The van der Waals surface area contributed by atoms with Crippen molar-refractivity contribution in [3.8, 4) is 0 Å². The molecule has 4 nitrogen and oxygen atoms in total. The van der Waals surface area contributed by atoms with Gasteiger partial charge in [-0.2, -0.15) is 0 Å². The summed E-state index contributed by atoms with van der Waals surface area (Å²) in [6, 6.07) is 16.5. The Bertz CT molecular complexity index is 534. The Morgan fingerprint density at radius 2 is 1.29 bits per heavy atom. The van der Waals surface area contributed by atoms with E-state index in [1.165, 1.54) is 11.1 Å². The van der Waals surface area contributed by atoms with Crippen molar-refractivity contribution in [2.45, 2.75) is 18.3 Å².